The fraction of sp³-hybridized carbons (Fsp3) is 0.333. The minimum absolute atomic E-state index is 0.264. The molecule has 1 aromatic heterocycles. The fourth-order valence-corrected chi connectivity index (χ4v) is 3.69. The third-order valence-electron chi connectivity index (χ3n) is 4.91. The van der Waals surface area contributed by atoms with Gasteiger partial charge < -0.3 is 5.11 Å². The Bertz CT molecular complexity index is 743. The van der Waals surface area contributed by atoms with Gasteiger partial charge in [-0.1, -0.05) is 43.3 Å². The summed E-state index contributed by atoms with van der Waals surface area (Å²) in [6.07, 6.45) is -2.95. The molecular formula is C18H16F3NO2. The minimum atomic E-state index is -4.50. The average Bonchev–Trinajstić information content (AvgIpc) is 3.25. The van der Waals surface area contributed by atoms with Gasteiger partial charge in [0.15, 0.2) is 0 Å². The zero-order chi connectivity index (χ0) is 17.5. The van der Waals surface area contributed by atoms with Gasteiger partial charge in [0.2, 0.25) is 0 Å². The van der Waals surface area contributed by atoms with Crippen molar-refractivity contribution in [2.75, 3.05) is 0 Å². The molecular weight excluding hydrogens is 319 g/mol. The molecule has 0 bridgehead atoms. The third kappa shape index (κ3) is 2.46. The first kappa shape index (κ1) is 16.5. The molecule has 2 aromatic rings. The number of halogens is 3. The lowest BCUT2D eigenvalue weighted by Crippen LogP contribution is -2.17. The van der Waals surface area contributed by atoms with Crippen LogP contribution in [0, 0.1) is 5.41 Å². The van der Waals surface area contributed by atoms with Gasteiger partial charge in [-0.2, -0.15) is 13.2 Å². The van der Waals surface area contributed by atoms with E-state index in [2.05, 4.69) is 4.98 Å². The topological polar surface area (TPSA) is 50.2 Å². The van der Waals surface area contributed by atoms with Crippen molar-refractivity contribution < 1.29 is 23.1 Å². The van der Waals surface area contributed by atoms with Crippen LogP contribution in [0.25, 0.3) is 0 Å². The smallest absolute Gasteiger partial charge is 0.433 e. The van der Waals surface area contributed by atoms with Crippen LogP contribution in [-0.2, 0) is 11.0 Å². The molecule has 0 radical (unpaired) electrons. The Morgan fingerprint density at radius 1 is 1.12 bits per heavy atom. The standard InChI is InChI=1S/C18H16F3NO2/c1-2-17(16(23)24)14(11-6-4-3-5-7-11)15(17)12-8-9-13(22-10-12)18(19,20)21/h3-10,14-15H,2H2,1H3,(H,23,24). The first-order chi connectivity index (χ1) is 11.3. The normalized spacial score (nSPS) is 26.2. The lowest BCUT2D eigenvalue weighted by atomic mass is 9.95. The number of carboxylic acids is 1. The summed E-state index contributed by atoms with van der Waals surface area (Å²) in [5, 5.41) is 9.75. The van der Waals surface area contributed by atoms with Gasteiger partial charge >= 0.3 is 12.1 Å². The quantitative estimate of drug-likeness (QED) is 0.897. The van der Waals surface area contributed by atoms with E-state index < -0.39 is 23.3 Å². The molecule has 1 N–H and O–H groups in total. The van der Waals surface area contributed by atoms with Crippen LogP contribution in [0.5, 0.6) is 0 Å². The maximum absolute atomic E-state index is 12.7. The third-order valence-corrected chi connectivity index (χ3v) is 4.91. The molecule has 24 heavy (non-hydrogen) atoms. The van der Waals surface area contributed by atoms with Crippen molar-refractivity contribution in [3.63, 3.8) is 0 Å². The second-order valence-electron chi connectivity index (χ2n) is 6.04. The number of carbonyl (C=O) groups is 1. The Labute approximate surface area is 137 Å². The molecule has 1 aliphatic carbocycles. The summed E-state index contributed by atoms with van der Waals surface area (Å²) in [6, 6.07) is 11.5. The molecule has 126 valence electrons. The highest BCUT2D eigenvalue weighted by atomic mass is 19.4. The first-order valence-corrected chi connectivity index (χ1v) is 7.64. The van der Waals surface area contributed by atoms with Crippen molar-refractivity contribution >= 4 is 5.97 Å². The average molecular weight is 335 g/mol. The van der Waals surface area contributed by atoms with E-state index in [-0.39, 0.29) is 11.8 Å². The molecule has 3 atom stereocenters. The van der Waals surface area contributed by atoms with Gasteiger partial charge in [-0.05, 0) is 23.6 Å². The van der Waals surface area contributed by atoms with E-state index in [9.17, 15) is 23.1 Å². The highest BCUT2D eigenvalue weighted by molar-refractivity contribution is 5.83. The van der Waals surface area contributed by atoms with Crippen LogP contribution in [0.1, 0.15) is 42.0 Å². The van der Waals surface area contributed by atoms with Gasteiger partial charge in [0.25, 0.3) is 0 Å². The van der Waals surface area contributed by atoms with Crippen LogP contribution in [0.3, 0.4) is 0 Å². The number of nitrogens with zero attached hydrogens (tertiary/aromatic N) is 1. The van der Waals surface area contributed by atoms with Crippen LogP contribution in [-0.4, -0.2) is 16.1 Å². The Balaban J connectivity index is 2.00. The van der Waals surface area contributed by atoms with Gasteiger partial charge in [-0.25, -0.2) is 0 Å². The lowest BCUT2D eigenvalue weighted by molar-refractivity contribution is -0.144. The minimum Gasteiger partial charge on any atom is -0.481 e. The lowest BCUT2D eigenvalue weighted by Gasteiger charge is -2.10. The number of hydrogen-bond donors (Lipinski definition) is 1. The predicted octanol–water partition coefficient (Wildman–Crippen LogP) is 4.46. The molecule has 0 spiro atoms. The van der Waals surface area contributed by atoms with Gasteiger partial charge in [0.05, 0.1) is 5.41 Å². The Hall–Kier alpha value is -2.37. The van der Waals surface area contributed by atoms with E-state index >= 15 is 0 Å². The van der Waals surface area contributed by atoms with Crippen LogP contribution < -0.4 is 0 Å². The molecule has 6 heteroatoms. The molecule has 1 saturated carbocycles. The van der Waals surface area contributed by atoms with E-state index in [1.165, 1.54) is 6.07 Å². The SMILES string of the molecule is CCC1(C(=O)O)C(c2ccccc2)C1c1ccc(C(F)(F)F)nc1. The van der Waals surface area contributed by atoms with Crippen LogP contribution in [0.4, 0.5) is 13.2 Å². The molecule has 0 aliphatic heterocycles. The molecule has 3 rings (SSSR count). The van der Waals surface area contributed by atoms with Crippen molar-refractivity contribution in [2.45, 2.75) is 31.4 Å². The number of hydrogen-bond acceptors (Lipinski definition) is 2. The maximum Gasteiger partial charge on any atom is 0.433 e. The van der Waals surface area contributed by atoms with Crippen LogP contribution in [0.15, 0.2) is 48.7 Å². The van der Waals surface area contributed by atoms with Crippen molar-refractivity contribution in [2.24, 2.45) is 5.41 Å². The van der Waals surface area contributed by atoms with Crippen molar-refractivity contribution in [3.05, 3.63) is 65.5 Å². The van der Waals surface area contributed by atoms with E-state index in [4.69, 9.17) is 0 Å². The second kappa shape index (κ2) is 5.61. The zero-order valence-electron chi connectivity index (χ0n) is 12.9. The maximum atomic E-state index is 12.7. The molecule has 0 amide bonds. The second-order valence-corrected chi connectivity index (χ2v) is 6.04. The summed E-state index contributed by atoms with van der Waals surface area (Å²) in [5.41, 5.74) is -0.559. The van der Waals surface area contributed by atoms with E-state index in [1.807, 2.05) is 30.3 Å². The number of aliphatic carboxylic acids is 1. The molecule has 0 saturated heterocycles. The van der Waals surface area contributed by atoms with Crippen molar-refractivity contribution in [1.29, 1.82) is 0 Å². The molecule has 1 aliphatic rings. The number of rotatable bonds is 4. The van der Waals surface area contributed by atoms with E-state index in [1.54, 1.807) is 6.92 Å². The highest BCUT2D eigenvalue weighted by Crippen LogP contribution is 2.72. The Morgan fingerprint density at radius 3 is 2.21 bits per heavy atom. The van der Waals surface area contributed by atoms with Crippen molar-refractivity contribution in [1.82, 2.24) is 4.98 Å². The van der Waals surface area contributed by atoms with Gasteiger partial charge in [0, 0.05) is 18.0 Å². The zero-order valence-corrected chi connectivity index (χ0v) is 12.9. The van der Waals surface area contributed by atoms with E-state index in [0.717, 1.165) is 17.8 Å². The molecule has 1 aromatic carbocycles. The summed E-state index contributed by atoms with van der Waals surface area (Å²) in [6.45, 7) is 1.79. The van der Waals surface area contributed by atoms with Gasteiger partial charge in [0.1, 0.15) is 5.69 Å². The summed E-state index contributed by atoms with van der Waals surface area (Å²) >= 11 is 0. The van der Waals surface area contributed by atoms with Gasteiger partial charge in [-0.15, -0.1) is 0 Å². The summed E-state index contributed by atoms with van der Waals surface area (Å²) in [4.78, 5) is 15.4. The first-order valence-electron chi connectivity index (χ1n) is 7.64. The fourth-order valence-electron chi connectivity index (χ4n) is 3.69. The predicted molar refractivity (Wildman–Crippen MR) is 81.5 cm³/mol. The molecule has 1 heterocycles. The molecule has 1 fully saturated rings. The summed E-state index contributed by atoms with van der Waals surface area (Å²) in [7, 11) is 0. The summed E-state index contributed by atoms with van der Waals surface area (Å²) in [5.74, 6) is -1.57. The van der Waals surface area contributed by atoms with E-state index in [0.29, 0.717) is 12.0 Å². The van der Waals surface area contributed by atoms with Crippen LogP contribution >= 0.6 is 0 Å². The largest absolute Gasteiger partial charge is 0.481 e. The molecule has 3 nitrogen and oxygen atoms in total. The Kier molecular flexibility index (Phi) is 3.86. The van der Waals surface area contributed by atoms with Crippen molar-refractivity contribution in [3.8, 4) is 0 Å². The number of aromatic nitrogens is 1. The number of carboxylic acid groups (broad SMARTS) is 1. The number of pyridine rings is 1. The number of alkyl halides is 3. The summed E-state index contributed by atoms with van der Waals surface area (Å²) < 4.78 is 38.0. The highest BCUT2D eigenvalue weighted by Gasteiger charge is 2.69. The monoisotopic (exact) mass is 335 g/mol. The molecule has 3 unspecified atom stereocenters. The van der Waals surface area contributed by atoms with Gasteiger partial charge in [-0.3, -0.25) is 9.78 Å². The number of benzene rings is 1. The Morgan fingerprint density at radius 2 is 1.75 bits per heavy atom. The van der Waals surface area contributed by atoms with Crippen LogP contribution in [0.2, 0.25) is 0 Å².